The van der Waals surface area contributed by atoms with Gasteiger partial charge in [0.15, 0.2) is 0 Å². The first kappa shape index (κ1) is 19.8. The maximum atomic E-state index is 12.2. The molecule has 2 rings (SSSR count). The number of anilines is 2. The Kier molecular flexibility index (Phi) is 7.04. The predicted octanol–water partition coefficient (Wildman–Crippen LogP) is 4.43. The lowest BCUT2D eigenvalue weighted by atomic mass is 10.1. The highest BCUT2D eigenvalue weighted by atomic mass is 35.5. The molecule has 0 aromatic heterocycles. The zero-order chi connectivity index (χ0) is 19.1. The molecular weight excluding hydrogens is 352 g/mol. The van der Waals surface area contributed by atoms with Gasteiger partial charge in [0, 0.05) is 36.7 Å². The van der Waals surface area contributed by atoms with E-state index in [2.05, 4.69) is 5.32 Å². The molecule has 0 unspecified atom stereocenters. The van der Waals surface area contributed by atoms with Crippen LogP contribution in [0, 0.1) is 6.92 Å². The SMILES string of the molecule is COc1cc(Cl)c(C)cc1NC(=O)CCCC(=O)N(C)c1ccccc1. The Morgan fingerprint density at radius 2 is 1.85 bits per heavy atom. The number of carbonyl (C=O) groups is 2. The molecule has 5 nitrogen and oxygen atoms in total. The van der Waals surface area contributed by atoms with Gasteiger partial charge in [-0.2, -0.15) is 0 Å². The van der Waals surface area contributed by atoms with Crippen molar-refractivity contribution in [1.82, 2.24) is 0 Å². The summed E-state index contributed by atoms with van der Waals surface area (Å²) in [7, 11) is 3.26. The van der Waals surface area contributed by atoms with Gasteiger partial charge >= 0.3 is 0 Å². The van der Waals surface area contributed by atoms with Gasteiger partial charge in [-0.3, -0.25) is 9.59 Å². The van der Waals surface area contributed by atoms with Crippen molar-refractivity contribution in [3.05, 3.63) is 53.1 Å². The number of nitrogens with zero attached hydrogens (tertiary/aromatic N) is 1. The third-order valence-corrected chi connectivity index (χ3v) is 4.47. The molecule has 2 amide bonds. The van der Waals surface area contributed by atoms with Crippen molar-refractivity contribution >= 4 is 34.8 Å². The standard InChI is InChI=1S/C20H23ClN2O3/c1-14-12-17(18(26-3)13-16(14)21)22-19(24)10-7-11-20(25)23(2)15-8-5-4-6-9-15/h4-6,8-9,12-13H,7,10-11H2,1-3H3,(H,22,24). The summed E-state index contributed by atoms with van der Waals surface area (Å²) in [5, 5.41) is 3.39. The van der Waals surface area contributed by atoms with E-state index >= 15 is 0 Å². The maximum absolute atomic E-state index is 12.2. The second kappa shape index (κ2) is 9.25. The smallest absolute Gasteiger partial charge is 0.226 e. The molecule has 0 aliphatic rings. The van der Waals surface area contributed by atoms with E-state index in [0.29, 0.717) is 29.3 Å². The summed E-state index contributed by atoms with van der Waals surface area (Å²) < 4.78 is 5.25. The predicted molar refractivity (Wildman–Crippen MR) is 105 cm³/mol. The van der Waals surface area contributed by atoms with Gasteiger partial charge in [0.2, 0.25) is 11.8 Å². The van der Waals surface area contributed by atoms with Gasteiger partial charge in [-0.05, 0) is 37.1 Å². The minimum Gasteiger partial charge on any atom is -0.495 e. The minimum absolute atomic E-state index is 0.0242. The number of benzene rings is 2. The fraction of sp³-hybridized carbons (Fsp3) is 0.300. The van der Waals surface area contributed by atoms with Crippen LogP contribution >= 0.6 is 11.6 Å². The van der Waals surface area contributed by atoms with Crippen molar-refractivity contribution < 1.29 is 14.3 Å². The van der Waals surface area contributed by atoms with Gasteiger partial charge in [0.05, 0.1) is 12.8 Å². The lowest BCUT2D eigenvalue weighted by Gasteiger charge is -2.17. The van der Waals surface area contributed by atoms with Crippen LogP contribution < -0.4 is 15.0 Å². The van der Waals surface area contributed by atoms with Crippen molar-refractivity contribution in [2.45, 2.75) is 26.2 Å². The highest BCUT2D eigenvalue weighted by Crippen LogP contribution is 2.31. The number of ether oxygens (including phenoxy) is 1. The lowest BCUT2D eigenvalue weighted by molar-refractivity contribution is -0.118. The number of halogens is 1. The Labute approximate surface area is 158 Å². The monoisotopic (exact) mass is 374 g/mol. The summed E-state index contributed by atoms with van der Waals surface area (Å²) in [5.41, 5.74) is 2.26. The van der Waals surface area contributed by atoms with Crippen molar-refractivity contribution in [2.75, 3.05) is 24.4 Å². The topological polar surface area (TPSA) is 58.6 Å². The summed E-state index contributed by atoms with van der Waals surface area (Å²) in [4.78, 5) is 26.0. The highest BCUT2D eigenvalue weighted by Gasteiger charge is 2.13. The quantitative estimate of drug-likeness (QED) is 0.779. The maximum Gasteiger partial charge on any atom is 0.226 e. The van der Waals surface area contributed by atoms with E-state index in [9.17, 15) is 9.59 Å². The Bertz CT molecular complexity index is 778. The van der Waals surface area contributed by atoms with Gasteiger partial charge in [0.1, 0.15) is 5.75 Å². The van der Waals surface area contributed by atoms with Gasteiger partial charge < -0.3 is 15.0 Å². The Morgan fingerprint density at radius 3 is 2.50 bits per heavy atom. The van der Waals surface area contributed by atoms with Gasteiger partial charge in [-0.15, -0.1) is 0 Å². The zero-order valence-electron chi connectivity index (χ0n) is 15.2. The van der Waals surface area contributed by atoms with Crippen LogP contribution in [0.1, 0.15) is 24.8 Å². The molecule has 0 atom stereocenters. The number of rotatable bonds is 7. The number of carbonyl (C=O) groups excluding carboxylic acids is 2. The molecule has 0 aliphatic carbocycles. The number of methoxy groups -OCH3 is 1. The van der Waals surface area contributed by atoms with E-state index in [1.165, 1.54) is 7.11 Å². The molecule has 0 fully saturated rings. The third-order valence-electron chi connectivity index (χ3n) is 4.07. The van der Waals surface area contributed by atoms with E-state index in [0.717, 1.165) is 11.3 Å². The van der Waals surface area contributed by atoms with E-state index in [4.69, 9.17) is 16.3 Å². The van der Waals surface area contributed by atoms with Crippen LogP contribution in [0.2, 0.25) is 5.02 Å². The van der Waals surface area contributed by atoms with Gasteiger partial charge in [0.25, 0.3) is 0 Å². The van der Waals surface area contributed by atoms with Crippen LogP contribution in [0.3, 0.4) is 0 Å². The molecule has 0 heterocycles. The first-order valence-corrected chi connectivity index (χ1v) is 8.75. The van der Waals surface area contributed by atoms with Crippen LogP contribution in [0.5, 0.6) is 5.75 Å². The molecule has 0 spiro atoms. The van der Waals surface area contributed by atoms with Crippen LogP contribution in [-0.2, 0) is 9.59 Å². The summed E-state index contributed by atoms with van der Waals surface area (Å²) in [6, 6.07) is 12.9. The normalized spacial score (nSPS) is 10.3. The lowest BCUT2D eigenvalue weighted by Crippen LogP contribution is -2.26. The average Bonchev–Trinajstić information content (AvgIpc) is 2.64. The fourth-order valence-electron chi connectivity index (χ4n) is 2.51. The molecule has 6 heteroatoms. The van der Waals surface area contributed by atoms with Crippen LogP contribution in [0.4, 0.5) is 11.4 Å². The third kappa shape index (κ3) is 5.23. The zero-order valence-corrected chi connectivity index (χ0v) is 16.0. The first-order chi connectivity index (χ1) is 12.4. The van der Waals surface area contributed by atoms with E-state index < -0.39 is 0 Å². The van der Waals surface area contributed by atoms with Crippen molar-refractivity contribution in [2.24, 2.45) is 0 Å². The summed E-state index contributed by atoms with van der Waals surface area (Å²) >= 11 is 6.06. The molecule has 2 aromatic carbocycles. The second-order valence-electron chi connectivity index (χ2n) is 5.99. The number of nitrogens with one attached hydrogen (secondary N) is 1. The van der Waals surface area contributed by atoms with E-state index in [-0.39, 0.29) is 18.2 Å². The van der Waals surface area contributed by atoms with Gasteiger partial charge in [-0.25, -0.2) is 0 Å². The number of para-hydroxylation sites is 1. The van der Waals surface area contributed by atoms with Crippen LogP contribution in [0.25, 0.3) is 0 Å². The fourth-order valence-corrected chi connectivity index (χ4v) is 2.66. The van der Waals surface area contributed by atoms with Crippen molar-refractivity contribution in [3.63, 3.8) is 0 Å². The molecule has 0 saturated heterocycles. The summed E-state index contributed by atoms with van der Waals surface area (Å²) in [5.74, 6) is 0.318. The van der Waals surface area contributed by atoms with Crippen LogP contribution in [-0.4, -0.2) is 26.0 Å². The largest absolute Gasteiger partial charge is 0.495 e. The molecule has 0 radical (unpaired) electrons. The average molecular weight is 375 g/mol. The molecule has 2 aromatic rings. The molecule has 138 valence electrons. The first-order valence-electron chi connectivity index (χ1n) is 8.38. The highest BCUT2D eigenvalue weighted by molar-refractivity contribution is 6.31. The Morgan fingerprint density at radius 1 is 1.15 bits per heavy atom. The molecule has 0 bridgehead atoms. The molecule has 26 heavy (non-hydrogen) atoms. The van der Waals surface area contributed by atoms with Crippen molar-refractivity contribution in [3.8, 4) is 5.75 Å². The van der Waals surface area contributed by atoms with Gasteiger partial charge in [-0.1, -0.05) is 29.8 Å². The Balaban J connectivity index is 1.86. The molecule has 1 N–H and O–H groups in total. The Hall–Kier alpha value is -2.53. The molecular formula is C20H23ClN2O3. The number of amides is 2. The summed E-state index contributed by atoms with van der Waals surface area (Å²) in [6.07, 6.45) is 1.02. The molecule has 0 saturated carbocycles. The second-order valence-corrected chi connectivity index (χ2v) is 6.40. The number of hydrogen-bond acceptors (Lipinski definition) is 3. The van der Waals surface area contributed by atoms with E-state index in [1.807, 2.05) is 37.3 Å². The molecule has 0 aliphatic heterocycles. The van der Waals surface area contributed by atoms with E-state index in [1.54, 1.807) is 24.1 Å². The van der Waals surface area contributed by atoms with Crippen LogP contribution in [0.15, 0.2) is 42.5 Å². The summed E-state index contributed by atoms with van der Waals surface area (Å²) in [6.45, 7) is 1.86. The number of hydrogen-bond donors (Lipinski definition) is 1. The number of aryl methyl sites for hydroxylation is 1. The van der Waals surface area contributed by atoms with Crippen molar-refractivity contribution in [1.29, 1.82) is 0 Å². The minimum atomic E-state index is -0.166.